The summed E-state index contributed by atoms with van der Waals surface area (Å²) in [6.07, 6.45) is 0. The zero-order valence-corrected chi connectivity index (χ0v) is 13.4. The Labute approximate surface area is 138 Å². The highest BCUT2D eigenvalue weighted by atomic mass is 35.5. The predicted octanol–water partition coefficient (Wildman–Crippen LogP) is 3.89. The van der Waals surface area contributed by atoms with E-state index >= 15 is 0 Å². The largest absolute Gasteiger partial charge is 0.452 e. The molecule has 0 aliphatic carbocycles. The van der Waals surface area contributed by atoms with Gasteiger partial charge in [0, 0.05) is 10.7 Å². The normalized spacial score (nSPS) is 10.3. The number of anilines is 1. The van der Waals surface area contributed by atoms with Crippen molar-refractivity contribution in [2.24, 2.45) is 0 Å². The van der Waals surface area contributed by atoms with Gasteiger partial charge in [0.1, 0.15) is 5.82 Å². The van der Waals surface area contributed by atoms with E-state index in [9.17, 15) is 14.0 Å². The van der Waals surface area contributed by atoms with Crippen molar-refractivity contribution >= 4 is 29.2 Å². The fourth-order valence-corrected chi connectivity index (χ4v) is 2.10. The molecule has 1 N–H and O–H groups in total. The number of amides is 1. The highest BCUT2D eigenvalue weighted by Crippen LogP contribution is 2.18. The van der Waals surface area contributed by atoms with Crippen LogP contribution in [0.4, 0.5) is 10.1 Å². The maximum atomic E-state index is 13.6. The highest BCUT2D eigenvalue weighted by Gasteiger charge is 2.15. The quantitative estimate of drug-likeness (QED) is 0.862. The second kappa shape index (κ2) is 7.24. The SMILES string of the molecule is Cc1cccc(NC(=O)COC(=O)c2ccc(Cl)cc2F)c1C. The van der Waals surface area contributed by atoms with Gasteiger partial charge < -0.3 is 10.1 Å². The van der Waals surface area contributed by atoms with Crippen LogP contribution in [-0.4, -0.2) is 18.5 Å². The van der Waals surface area contributed by atoms with Crippen LogP contribution in [0.15, 0.2) is 36.4 Å². The van der Waals surface area contributed by atoms with E-state index in [-0.39, 0.29) is 10.6 Å². The first kappa shape index (κ1) is 17.0. The van der Waals surface area contributed by atoms with Gasteiger partial charge >= 0.3 is 5.97 Å². The third-order valence-electron chi connectivity index (χ3n) is 3.36. The lowest BCUT2D eigenvalue weighted by Crippen LogP contribution is -2.21. The number of hydrogen-bond donors (Lipinski definition) is 1. The van der Waals surface area contributed by atoms with Gasteiger partial charge in [-0.1, -0.05) is 23.7 Å². The third kappa shape index (κ3) is 4.29. The van der Waals surface area contributed by atoms with Crippen molar-refractivity contribution in [1.29, 1.82) is 0 Å². The molecule has 0 fully saturated rings. The number of ether oxygens (including phenoxy) is 1. The number of esters is 1. The Hall–Kier alpha value is -2.40. The predicted molar refractivity (Wildman–Crippen MR) is 86.2 cm³/mol. The van der Waals surface area contributed by atoms with E-state index in [1.54, 1.807) is 6.07 Å². The molecule has 0 heterocycles. The fourth-order valence-electron chi connectivity index (χ4n) is 1.94. The maximum absolute atomic E-state index is 13.6. The number of carbonyl (C=O) groups is 2. The van der Waals surface area contributed by atoms with Gasteiger partial charge in [0.25, 0.3) is 5.91 Å². The van der Waals surface area contributed by atoms with Crippen LogP contribution < -0.4 is 5.32 Å². The van der Waals surface area contributed by atoms with Crippen molar-refractivity contribution in [3.05, 3.63) is 63.9 Å². The smallest absolute Gasteiger partial charge is 0.341 e. The Morgan fingerprint density at radius 2 is 1.96 bits per heavy atom. The van der Waals surface area contributed by atoms with Gasteiger partial charge in [-0.15, -0.1) is 0 Å². The van der Waals surface area contributed by atoms with Crippen molar-refractivity contribution in [2.45, 2.75) is 13.8 Å². The number of benzene rings is 2. The molecule has 2 aromatic rings. The molecule has 0 spiro atoms. The maximum Gasteiger partial charge on any atom is 0.341 e. The number of hydrogen-bond acceptors (Lipinski definition) is 3. The van der Waals surface area contributed by atoms with Gasteiger partial charge in [-0.2, -0.15) is 0 Å². The molecule has 4 nitrogen and oxygen atoms in total. The molecule has 120 valence electrons. The Kier molecular flexibility index (Phi) is 5.34. The molecular formula is C17H15ClFNO3. The van der Waals surface area contributed by atoms with Gasteiger partial charge in [-0.3, -0.25) is 4.79 Å². The first-order valence-corrected chi connectivity index (χ1v) is 7.24. The van der Waals surface area contributed by atoms with E-state index in [0.717, 1.165) is 17.2 Å². The van der Waals surface area contributed by atoms with Gasteiger partial charge in [-0.25, -0.2) is 9.18 Å². The molecule has 2 aromatic carbocycles. The van der Waals surface area contributed by atoms with Gasteiger partial charge in [-0.05, 0) is 49.2 Å². The van der Waals surface area contributed by atoms with E-state index in [1.807, 2.05) is 26.0 Å². The van der Waals surface area contributed by atoms with Crippen LogP contribution in [-0.2, 0) is 9.53 Å². The van der Waals surface area contributed by atoms with Crippen LogP contribution in [0.3, 0.4) is 0 Å². The molecule has 0 unspecified atom stereocenters. The summed E-state index contributed by atoms with van der Waals surface area (Å²) in [5.74, 6) is -2.21. The summed E-state index contributed by atoms with van der Waals surface area (Å²) in [6, 6.07) is 9.08. The summed E-state index contributed by atoms with van der Waals surface area (Å²) in [5, 5.41) is 2.82. The van der Waals surface area contributed by atoms with E-state index in [1.165, 1.54) is 12.1 Å². The van der Waals surface area contributed by atoms with E-state index in [4.69, 9.17) is 16.3 Å². The van der Waals surface area contributed by atoms with Crippen LogP contribution >= 0.6 is 11.6 Å². The summed E-state index contributed by atoms with van der Waals surface area (Å²) in [5.41, 5.74) is 2.33. The lowest BCUT2D eigenvalue weighted by Gasteiger charge is -2.10. The second-order valence-electron chi connectivity index (χ2n) is 5.00. The zero-order chi connectivity index (χ0) is 17.0. The second-order valence-corrected chi connectivity index (χ2v) is 5.43. The molecule has 1 amide bonds. The Bertz CT molecular complexity index is 761. The van der Waals surface area contributed by atoms with Crippen LogP contribution in [0.25, 0.3) is 0 Å². The van der Waals surface area contributed by atoms with E-state index in [0.29, 0.717) is 5.69 Å². The zero-order valence-electron chi connectivity index (χ0n) is 12.7. The first-order valence-electron chi connectivity index (χ1n) is 6.86. The van der Waals surface area contributed by atoms with Gasteiger partial charge in [0.05, 0.1) is 5.56 Å². The van der Waals surface area contributed by atoms with E-state index < -0.39 is 24.3 Å². The standard InChI is InChI=1S/C17H15ClFNO3/c1-10-4-3-5-15(11(10)2)20-16(21)9-23-17(22)13-7-6-12(18)8-14(13)19/h3-8H,9H2,1-2H3,(H,20,21). The average molecular weight is 336 g/mol. The molecule has 0 saturated heterocycles. The van der Waals surface area contributed by atoms with Crippen molar-refractivity contribution < 1.29 is 18.7 Å². The average Bonchev–Trinajstić information content (AvgIpc) is 2.49. The molecule has 0 bridgehead atoms. The molecule has 0 saturated carbocycles. The van der Waals surface area contributed by atoms with Crippen LogP contribution in [0.2, 0.25) is 5.02 Å². The Balaban J connectivity index is 1.96. The van der Waals surface area contributed by atoms with Crippen LogP contribution in [0, 0.1) is 19.7 Å². The molecule has 23 heavy (non-hydrogen) atoms. The third-order valence-corrected chi connectivity index (χ3v) is 3.60. The minimum Gasteiger partial charge on any atom is -0.452 e. The molecule has 0 aliphatic rings. The monoisotopic (exact) mass is 335 g/mol. The number of rotatable bonds is 4. The van der Waals surface area contributed by atoms with Gasteiger partial charge in [0.15, 0.2) is 6.61 Å². The minimum absolute atomic E-state index is 0.173. The summed E-state index contributed by atoms with van der Waals surface area (Å²) in [7, 11) is 0. The molecule has 6 heteroatoms. The number of carbonyl (C=O) groups excluding carboxylic acids is 2. The fraction of sp³-hybridized carbons (Fsp3) is 0.176. The Morgan fingerprint density at radius 3 is 2.65 bits per heavy atom. The Morgan fingerprint density at radius 1 is 1.22 bits per heavy atom. The number of halogens is 2. The van der Waals surface area contributed by atoms with Crippen molar-refractivity contribution in [3.8, 4) is 0 Å². The summed E-state index contributed by atoms with van der Waals surface area (Å²) >= 11 is 5.61. The molecule has 0 radical (unpaired) electrons. The molecule has 0 aliphatic heterocycles. The minimum atomic E-state index is -0.921. The summed E-state index contributed by atoms with van der Waals surface area (Å²) in [6.45, 7) is 3.29. The lowest BCUT2D eigenvalue weighted by atomic mass is 10.1. The van der Waals surface area contributed by atoms with Crippen LogP contribution in [0.1, 0.15) is 21.5 Å². The van der Waals surface area contributed by atoms with Gasteiger partial charge in [0.2, 0.25) is 0 Å². The topological polar surface area (TPSA) is 55.4 Å². The molecule has 0 atom stereocenters. The number of nitrogens with one attached hydrogen (secondary N) is 1. The molecular weight excluding hydrogens is 321 g/mol. The van der Waals surface area contributed by atoms with E-state index in [2.05, 4.69) is 5.32 Å². The first-order chi connectivity index (χ1) is 10.9. The van der Waals surface area contributed by atoms with Crippen LogP contribution in [0.5, 0.6) is 0 Å². The van der Waals surface area contributed by atoms with Crippen molar-refractivity contribution in [2.75, 3.05) is 11.9 Å². The highest BCUT2D eigenvalue weighted by molar-refractivity contribution is 6.30. The number of aryl methyl sites for hydroxylation is 1. The molecule has 2 rings (SSSR count). The van der Waals surface area contributed by atoms with Crippen molar-refractivity contribution in [3.63, 3.8) is 0 Å². The molecule has 0 aromatic heterocycles. The lowest BCUT2D eigenvalue weighted by molar-refractivity contribution is -0.119. The summed E-state index contributed by atoms with van der Waals surface area (Å²) < 4.78 is 18.4. The summed E-state index contributed by atoms with van der Waals surface area (Å²) in [4.78, 5) is 23.6. The van der Waals surface area contributed by atoms with Crippen molar-refractivity contribution in [1.82, 2.24) is 0 Å².